The van der Waals surface area contributed by atoms with Crippen LogP contribution in [0.4, 0.5) is 10.5 Å². The summed E-state index contributed by atoms with van der Waals surface area (Å²) in [6.45, 7) is 1.46. The number of benzene rings is 2. The number of nitrogens with one attached hydrogen (secondary N) is 1. The van der Waals surface area contributed by atoms with Crippen molar-refractivity contribution >= 4 is 52.2 Å². The average molecular weight is 446 g/mol. The Kier molecular flexibility index (Phi) is 6.53. The third-order valence-electron chi connectivity index (χ3n) is 4.33. The van der Waals surface area contributed by atoms with Gasteiger partial charge in [-0.25, -0.2) is 0 Å². The summed E-state index contributed by atoms with van der Waals surface area (Å²) in [5, 5.41) is 13.9. The van der Waals surface area contributed by atoms with E-state index in [1.165, 1.54) is 6.07 Å². The van der Waals surface area contributed by atoms with Crippen molar-refractivity contribution in [2.75, 3.05) is 13.1 Å². The molecular weight excluding hydrogens is 430 g/mol. The maximum atomic E-state index is 12.5. The highest BCUT2D eigenvalue weighted by molar-refractivity contribution is 8.18. The van der Waals surface area contributed by atoms with Gasteiger partial charge >= 0.3 is 0 Å². The minimum Gasteiger partial charge on any atom is -0.350 e. The zero-order valence-electron chi connectivity index (χ0n) is 15.8. The van der Waals surface area contributed by atoms with E-state index >= 15 is 0 Å². The summed E-state index contributed by atoms with van der Waals surface area (Å²) >= 11 is 6.65. The topological polar surface area (TPSA) is 110 Å². The number of para-hydroxylation sites is 1. The Morgan fingerprint density at radius 2 is 1.93 bits per heavy atom. The van der Waals surface area contributed by atoms with Crippen LogP contribution in [0.1, 0.15) is 21.5 Å². The molecule has 0 aliphatic carbocycles. The number of amides is 3. The summed E-state index contributed by atoms with van der Waals surface area (Å²) in [6, 6.07) is 11.3. The summed E-state index contributed by atoms with van der Waals surface area (Å²) in [5.41, 5.74) is 0.750. The van der Waals surface area contributed by atoms with Gasteiger partial charge in [-0.05, 0) is 48.5 Å². The lowest BCUT2D eigenvalue weighted by Crippen LogP contribution is -2.37. The molecule has 1 N–H and O–H groups in total. The third kappa shape index (κ3) is 4.69. The summed E-state index contributed by atoms with van der Waals surface area (Å²) < 4.78 is 0. The van der Waals surface area contributed by atoms with Crippen molar-refractivity contribution < 1.29 is 19.3 Å². The SMILES string of the molecule is Cc1cccc(C(=O)NCCN2C(=O)S/C(=C\c3ccc(Cl)cc3)C2=O)c1[N+](=O)[O-]. The van der Waals surface area contributed by atoms with Gasteiger partial charge < -0.3 is 5.32 Å². The molecule has 0 spiro atoms. The Labute approximate surface area is 181 Å². The number of thioether (sulfide) groups is 1. The lowest BCUT2D eigenvalue weighted by molar-refractivity contribution is -0.385. The molecule has 8 nitrogen and oxygen atoms in total. The van der Waals surface area contributed by atoms with E-state index in [0.717, 1.165) is 22.2 Å². The van der Waals surface area contributed by atoms with Gasteiger partial charge in [0.05, 0.1) is 9.83 Å². The summed E-state index contributed by atoms with van der Waals surface area (Å²) in [7, 11) is 0. The van der Waals surface area contributed by atoms with Gasteiger partial charge in [-0.15, -0.1) is 0 Å². The van der Waals surface area contributed by atoms with Crippen LogP contribution in [0, 0.1) is 17.0 Å². The molecule has 1 heterocycles. The lowest BCUT2D eigenvalue weighted by Gasteiger charge is -2.13. The van der Waals surface area contributed by atoms with Crippen LogP contribution < -0.4 is 5.32 Å². The minimum atomic E-state index is -0.644. The average Bonchev–Trinajstić information content (AvgIpc) is 2.96. The molecule has 0 aromatic heterocycles. The van der Waals surface area contributed by atoms with Crippen molar-refractivity contribution in [3.63, 3.8) is 0 Å². The van der Waals surface area contributed by atoms with Crippen molar-refractivity contribution in [1.82, 2.24) is 10.2 Å². The highest BCUT2D eigenvalue weighted by Gasteiger charge is 2.34. The number of imide groups is 1. The van der Waals surface area contributed by atoms with Crippen LogP contribution in [0.25, 0.3) is 6.08 Å². The van der Waals surface area contributed by atoms with Crippen LogP contribution in [0.5, 0.6) is 0 Å². The van der Waals surface area contributed by atoms with Gasteiger partial charge in [-0.2, -0.15) is 0 Å². The molecule has 3 amide bonds. The highest BCUT2D eigenvalue weighted by Crippen LogP contribution is 2.32. The van der Waals surface area contributed by atoms with E-state index in [-0.39, 0.29) is 29.2 Å². The molecule has 1 aliphatic rings. The first-order chi connectivity index (χ1) is 14.3. The normalized spacial score (nSPS) is 15.0. The van der Waals surface area contributed by atoms with E-state index in [1.54, 1.807) is 49.4 Å². The van der Waals surface area contributed by atoms with Crippen LogP contribution in [0.15, 0.2) is 47.4 Å². The maximum absolute atomic E-state index is 12.5. The molecule has 1 aliphatic heterocycles. The molecular formula is C20H16ClN3O5S. The van der Waals surface area contributed by atoms with Crippen molar-refractivity contribution in [3.05, 3.63) is 79.2 Å². The van der Waals surface area contributed by atoms with Crippen LogP contribution in [0.2, 0.25) is 5.02 Å². The number of carbonyl (C=O) groups is 3. The largest absolute Gasteiger partial charge is 0.350 e. The van der Waals surface area contributed by atoms with Gasteiger partial charge in [0.2, 0.25) is 0 Å². The minimum absolute atomic E-state index is 0.0316. The van der Waals surface area contributed by atoms with Gasteiger partial charge in [0.1, 0.15) is 5.56 Å². The molecule has 154 valence electrons. The molecule has 2 aromatic rings. The Bertz CT molecular complexity index is 1070. The molecule has 1 fully saturated rings. The molecule has 0 radical (unpaired) electrons. The van der Waals surface area contributed by atoms with Gasteiger partial charge in [0.25, 0.3) is 22.7 Å². The number of hydrogen-bond acceptors (Lipinski definition) is 6. The van der Waals surface area contributed by atoms with Gasteiger partial charge in [0.15, 0.2) is 0 Å². The smallest absolute Gasteiger partial charge is 0.293 e. The first-order valence-corrected chi connectivity index (χ1v) is 10.0. The predicted molar refractivity (Wildman–Crippen MR) is 114 cm³/mol. The molecule has 10 heteroatoms. The summed E-state index contributed by atoms with van der Waals surface area (Å²) in [4.78, 5) is 49.0. The van der Waals surface area contributed by atoms with E-state index < -0.39 is 22.0 Å². The summed E-state index contributed by atoms with van der Waals surface area (Å²) in [5.74, 6) is -1.11. The Morgan fingerprint density at radius 1 is 1.23 bits per heavy atom. The maximum Gasteiger partial charge on any atom is 0.293 e. The van der Waals surface area contributed by atoms with E-state index in [2.05, 4.69) is 5.32 Å². The monoisotopic (exact) mass is 445 g/mol. The number of hydrogen-bond donors (Lipinski definition) is 1. The second-order valence-electron chi connectivity index (χ2n) is 6.37. The standard InChI is InChI=1S/C20H16ClN3O5S/c1-12-3-2-4-15(17(12)24(28)29)18(25)22-9-10-23-19(26)16(30-20(23)27)11-13-5-7-14(21)8-6-13/h2-8,11H,9-10H2,1H3,(H,22,25)/b16-11-. The fraction of sp³-hybridized carbons (Fsp3) is 0.150. The molecule has 0 saturated carbocycles. The van der Waals surface area contributed by atoms with E-state index in [9.17, 15) is 24.5 Å². The molecule has 0 atom stereocenters. The van der Waals surface area contributed by atoms with Crippen LogP contribution in [-0.4, -0.2) is 40.0 Å². The second kappa shape index (κ2) is 9.10. The second-order valence-corrected chi connectivity index (χ2v) is 7.80. The fourth-order valence-corrected chi connectivity index (χ4v) is 3.86. The number of halogens is 1. The van der Waals surface area contributed by atoms with Crippen molar-refractivity contribution in [1.29, 1.82) is 0 Å². The number of rotatable bonds is 6. The first kappa shape index (κ1) is 21.5. The quantitative estimate of drug-likeness (QED) is 0.408. The van der Waals surface area contributed by atoms with Crippen molar-refractivity contribution in [2.24, 2.45) is 0 Å². The van der Waals surface area contributed by atoms with Crippen molar-refractivity contribution in [2.45, 2.75) is 6.92 Å². The summed E-state index contributed by atoms with van der Waals surface area (Å²) in [6.07, 6.45) is 1.59. The lowest BCUT2D eigenvalue weighted by atomic mass is 10.1. The van der Waals surface area contributed by atoms with E-state index in [4.69, 9.17) is 11.6 Å². The zero-order valence-corrected chi connectivity index (χ0v) is 17.3. The number of nitrogens with zero attached hydrogens (tertiary/aromatic N) is 2. The number of nitro benzene ring substituents is 1. The number of aryl methyl sites for hydroxylation is 1. The zero-order chi connectivity index (χ0) is 21.8. The molecule has 2 aromatic carbocycles. The molecule has 3 rings (SSSR count). The number of nitro groups is 1. The van der Waals surface area contributed by atoms with Crippen LogP contribution >= 0.6 is 23.4 Å². The molecule has 30 heavy (non-hydrogen) atoms. The van der Waals surface area contributed by atoms with Crippen LogP contribution in [0.3, 0.4) is 0 Å². The Hall–Kier alpha value is -3.17. The predicted octanol–water partition coefficient (Wildman–Crippen LogP) is 4.02. The first-order valence-electron chi connectivity index (χ1n) is 8.81. The number of carbonyl (C=O) groups excluding carboxylic acids is 3. The Morgan fingerprint density at radius 3 is 2.60 bits per heavy atom. The third-order valence-corrected chi connectivity index (χ3v) is 5.49. The van der Waals surface area contributed by atoms with Gasteiger partial charge in [0, 0.05) is 23.7 Å². The highest BCUT2D eigenvalue weighted by atomic mass is 35.5. The van der Waals surface area contributed by atoms with Crippen molar-refractivity contribution in [3.8, 4) is 0 Å². The Balaban J connectivity index is 1.64. The molecule has 1 saturated heterocycles. The molecule has 0 bridgehead atoms. The molecule has 0 unspecified atom stereocenters. The van der Waals surface area contributed by atoms with Gasteiger partial charge in [-0.3, -0.25) is 29.4 Å². The van der Waals surface area contributed by atoms with E-state index in [0.29, 0.717) is 10.6 Å². The fourth-order valence-electron chi connectivity index (χ4n) is 2.86. The van der Waals surface area contributed by atoms with Gasteiger partial charge in [-0.1, -0.05) is 35.9 Å². The van der Waals surface area contributed by atoms with E-state index in [1.807, 2.05) is 0 Å². The van der Waals surface area contributed by atoms with Crippen LogP contribution in [-0.2, 0) is 4.79 Å².